The van der Waals surface area contributed by atoms with Crippen LogP contribution in [0.5, 0.6) is 0 Å². The lowest BCUT2D eigenvalue weighted by atomic mass is 10.1. The van der Waals surface area contributed by atoms with Gasteiger partial charge in [0.25, 0.3) is 0 Å². The van der Waals surface area contributed by atoms with Gasteiger partial charge < -0.3 is 0 Å². The molecule has 0 aliphatic rings. The number of aromatic nitrogens is 3. The second-order valence-electron chi connectivity index (χ2n) is 3.31. The molecular formula is C10H11N3. The smallest absolute Gasteiger partial charge is 0.116 e. The maximum atomic E-state index is 4.27. The Morgan fingerprint density at radius 3 is 2.85 bits per heavy atom. The van der Waals surface area contributed by atoms with E-state index in [1.807, 2.05) is 6.07 Å². The predicted octanol–water partition coefficient (Wildman–Crippen LogP) is 2.15. The molecule has 3 nitrogen and oxygen atoms in total. The van der Waals surface area contributed by atoms with Crippen LogP contribution in [0.1, 0.15) is 25.5 Å². The summed E-state index contributed by atoms with van der Waals surface area (Å²) >= 11 is 0. The van der Waals surface area contributed by atoms with Crippen LogP contribution in [-0.4, -0.2) is 15.0 Å². The van der Waals surface area contributed by atoms with E-state index in [4.69, 9.17) is 0 Å². The van der Waals surface area contributed by atoms with Gasteiger partial charge in [-0.15, -0.1) is 0 Å². The van der Waals surface area contributed by atoms with Crippen LogP contribution < -0.4 is 0 Å². The van der Waals surface area contributed by atoms with Crippen molar-refractivity contribution >= 4 is 10.9 Å². The Morgan fingerprint density at radius 1 is 1.23 bits per heavy atom. The van der Waals surface area contributed by atoms with E-state index >= 15 is 0 Å². The Balaban J connectivity index is 2.76. The first-order chi connectivity index (χ1) is 6.29. The number of hydrogen-bond acceptors (Lipinski definition) is 3. The van der Waals surface area contributed by atoms with Gasteiger partial charge in [0, 0.05) is 11.6 Å². The molecule has 3 heteroatoms. The van der Waals surface area contributed by atoms with Gasteiger partial charge in [0.2, 0.25) is 0 Å². The molecule has 0 spiro atoms. The van der Waals surface area contributed by atoms with Gasteiger partial charge in [-0.25, -0.2) is 9.97 Å². The lowest BCUT2D eigenvalue weighted by Crippen LogP contribution is -1.95. The largest absolute Gasteiger partial charge is 0.262 e. The van der Waals surface area contributed by atoms with Crippen LogP contribution >= 0.6 is 0 Å². The van der Waals surface area contributed by atoms with Crippen LogP contribution in [0.3, 0.4) is 0 Å². The summed E-state index contributed by atoms with van der Waals surface area (Å²) in [5.74, 6) is 0.424. The van der Waals surface area contributed by atoms with Gasteiger partial charge in [0.1, 0.15) is 6.33 Å². The maximum Gasteiger partial charge on any atom is 0.116 e. The Hall–Kier alpha value is -1.51. The van der Waals surface area contributed by atoms with Crippen molar-refractivity contribution in [3.8, 4) is 0 Å². The van der Waals surface area contributed by atoms with Gasteiger partial charge in [-0.05, 0) is 12.0 Å². The average Bonchev–Trinajstić information content (AvgIpc) is 2.17. The summed E-state index contributed by atoms with van der Waals surface area (Å²) in [5.41, 5.74) is 2.01. The van der Waals surface area contributed by atoms with Crippen LogP contribution in [0.2, 0.25) is 0 Å². The zero-order valence-corrected chi connectivity index (χ0v) is 7.73. The zero-order chi connectivity index (χ0) is 9.26. The maximum absolute atomic E-state index is 4.27. The Labute approximate surface area is 76.9 Å². The summed E-state index contributed by atoms with van der Waals surface area (Å²) in [6.07, 6.45) is 5.14. The number of hydrogen-bond donors (Lipinski definition) is 0. The molecule has 0 saturated heterocycles. The summed E-state index contributed by atoms with van der Waals surface area (Å²) in [6, 6.07) is 1.96. The molecule has 13 heavy (non-hydrogen) atoms. The molecule has 66 valence electrons. The van der Waals surface area contributed by atoms with Crippen molar-refractivity contribution in [3.05, 3.63) is 30.5 Å². The molecule has 2 heterocycles. The fourth-order valence-electron chi connectivity index (χ4n) is 1.39. The molecule has 0 unspecified atom stereocenters. The predicted molar refractivity (Wildman–Crippen MR) is 51.4 cm³/mol. The van der Waals surface area contributed by atoms with Crippen molar-refractivity contribution in [3.63, 3.8) is 0 Å². The molecule has 0 bridgehead atoms. The summed E-state index contributed by atoms with van der Waals surface area (Å²) in [5, 5.41) is 1.10. The molecule has 0 radical (unpaired) electrons. The van der Waals surface area contributed by atoms with Gasteiger partial charge in [0.15, 0.2) is 0 Å². The van der Waals surface area contributed by atoms with E-state index in [1.165, 1.54) is 0 Å². The third kappa shape index (κ3) is 1.37. The van der Waals surface area contributed by atoms with Crippen LogP contribution in [0.15, 0.2) is 24.8 Å². The normalized spacial score (nSPS) is 11.0. The SMILES string of the molecule is CC(C)c1ncnc2cnccc12. The molecule has 0 aliphatic heterocycles. The van der Waals surface area contributed by atoms with E-state index in [9.17, 15) is 0 Å². The van der Waals surface area contributed by atoms with E-state index in [-0.39, 0.29) is 0 Å². The van der Waals surface area contributed by atoms with E-state index in [0.717, 1.165) is 16.6 Å². The fourth-order valence-corrected chi connectivity index (χ4v) is 1.39. The highest BCUT2D eigenvalue weighted by atomic mass is 14.8. The number of rotatable bonds is 1. The van der Waals surface area contributed by atoms with Gasteiger partial charge in [-0.2, -0.15) is 0 Å². The van der Waals surface area contributed by atoms with E-state index < -0.39 is 0 Å². The molecule has 0 fully saturated rings. The zero-order valence-electron chi connectivity index (χ0n) is 7.73. The van der Waals surface area contributed by atoms with Crippen molar-refractivity contribution in [1.82, 2.24) is 15.0 Å². The summed E-state index contributed by atoms with van der Waals surface area (Å²) in [7, 11) is 0. The standard InChI is InChI=1S/C10H11N3/c1-7(2)10-8-3-4-11-5-9(8)12-6-13-10/h3-7H,1-2H3. The third-order valence-electron chi connectivity index (χ3n) is 2.02. The number of pyridine rings is 1. The molecule has 2 rings (SSSR count). The first-order valence-electron chi connectivity index (χ1n) is 4.33. The van der Waals surface area contributed by atoms with Crippen molar-refractivity contribution in [2.75, 3.05) is 0 Å². The molecule has 0 amide bonds. The van der Waals surface area contributed by atoms with Crippen molar-refractivity contribution in [2.24, 2.45) is 0 Å². The first kappa shape index (κ1) is 8.10. The first-order valence-corrected chi connectivity index (χ1v) is 4.33. The summed E-state index contributed by atoms with van der Waals surface area (Å²) < 4.78 is 0. The van der Waals surface area contributed by atoms with E-state index in [1.54, 1.807) is 18.7 Å². The highest BCUT2D eigenvalue weighted by Gasteiger charge is 2.05. The van der Waals surface area contributed by atoms with E-state index in [2.05, 4.69) is 28.8 Å². The molecule has 0 aliphatic carbocycles. The monoisotopic (exact) mass is 173 g/mol. The number of fused-ring (bicyclic) bond motifs is 1. The molecule has 2 aromatic rings. The van der Waals surface area contributed by atoms with E-state index in [0.29, 0.717) is 5.92 Å². The van der Waals surface area contributed by atoms with Crippen LogP contribution in [-0.2, 0) is 0 Å². The Kier molecular flexibility index (Phi) is 1.93. The van der Waals surface area contributed by atoms with Gasteiger partial charge >= 0.3 is 0 Å². The second-order valence-corrected chi connectivity index (χ2v) is 3.31. The molecule has 0 saturated carbocycles. The molecular weight excluding hydrogens is 162 g/mol. The summed E-state index contributed by atoms with van der Waals surface area (Å²) in [4.78, 5) is 12.4. The van der Waals surface area contributed by atoms with Crippen LogP contribution in [0, 0.1) is 0 Å². The van der Waals surface area contributed by atoms with Gasteiger partial charge in [0.05, 0.1) is 17.4 Å². The Bertz CT molecular complexity index is 418. The van der Waals surface area contributed by atoms with Crippen molar-refractivity contribution in [1.29, 1.82) is 0 Å². The van der Waals surface area contributed by atoms with Crippen molar-refractivity contribution < 1.29 is 0 Å². The Morgan fingerprint density at radius 2 is 2.08 bits per heavy atom. The fraction of sp³-hybridized carbons (Fsp3) is 0.300. The molecule has 0 atom stereocenters. The second kappa shape index (κ2) is 3.09. The quantitative estimate of drug-likeness (QED) is 0.663. The van der Waals surface area contributed by atoms with Gasteiger partial charge in [-0.3, -0.25) is 4.98 Å². The highest BCUT2D eigenvalue weighted by molar-refractivity contribution is 5.79. The minimum absolute atomic E-state index is 0.424. The summed E-state index contributed by atoms with van der Waals surface area (Å²) in [6.45, 7) is 4.25. The lowest BCUT2D eigenvalue weighted by Gasteiger charge is -2.06. The number of nitrogens with zero attached hydrogens (tertiary/aromatic N) is 3. The minimum atomic E-state index is 0.424. The van der Waals surface area contributed by atoms with Gasteiger partial charge in [-0.1, -0.05) is 13.8 Å². The third-order valence-corrected chi connectivity index (χ3v) is 2.02. The van der Waals surface area contributed by atoms with Crippen LogP contribution in [0.4, 0.5) is 0 Å². The van der Waals surface area contributed by atoms with Crippen LogP contribution in [0.25, 0.3) is 10.9 Å². The lowest BCUT2D eigenvalue weighted by molar-refractivity contribution is 0.828. The average molecular weight is 173 g/mol. The molecule has 2 aromatic heterocycles. The topological polar surface area (TPSA) is 38.7 Å². The van der Waals surface area contributed by atoms with Crippen molar-refractivity contribution in [2.45, 2.75) is 19.8 Å². The highest BCUT2D eigenvalue weighted by Crippen LogP contribution is 2.19. The molecule has 0 aromatic carbocycles. The minimum Gasteiger partial charge on any atom is -0.262 e. The molecule has 0 N–H and O–H groups in total.